The van der Waals surface area contributed by atoms with Crippen molar-refractivity contribution in [3.8, 4) is 11.5 Å². The molecule has 0 atom stereocenters. The predicted molar refractivity (Wildman–Crippen MR) is 90.1 cm³/mol. The van der Waals surface area contributed by atoms with Gasteiger partial charge in [-0.2, -0.15) is 13.2 Å². The predicted octanol–water partition coefficient (Wildman–Crippen LogP) is 4.62. The quantitative estimate of drug-likeness (QED) is 0.407. The maximum Gasteiger partial charge on any atom is 0.419 e. The molecule has 0 bridgehead atoms. The number of fused-ring (bicyclic) bond motifs is 1. The lowest BCUT2D eigenvalue weighted by Crippen LogP contribution is -2.09. The third kappa shape index (κ3) is 3.17. The Labute approximate surface area is 154 Å². The van der Waals surface area contributed by atoms with Crippen molar-refractivity contribution in [1.29, 1.82) is 0 Å². The van der Waals surface area contributed by atoms with Gasteiger partial charge in [0.2, 0.25) is 11.8 Å². The van der Waals surface area contributed by atoms with Crippen molar-refractivity contribution in [2.24, 2.45) is 0 Å². The number of halogens is 5. The van der Waals surface area contributed by atoms with Gasteiger partial charge in [0.15, 0.2) is 0 Å². The van der Waals surface area contributed by atoms with Gasteiger partial charge in [-0.1, -0.05) is 0 Å². The molecule has 0 fully saturated rings. The second kappa shape index (κ2) is 6.32. The molecule has 0 aliphatic heterocycles. The Bertz CT molecular complexity index is 1160. The van der Waals surface area contributed by atoms with Gasteiger partial charge in [0.05, 0.1) is 5.56 Å². The van der Waals surface area contributed by atoms with Gasteiger partial charge in [0, 0.05) is 34.4 Å². The van der Waals surface area contributed by atoms with Crippen LogP contribution in [0.5, 0.6) is 0 Å². The lowest BCUT2D eigenvalue weighted by molar-refractivity contribution is -0.135. The summed E-state index contributed by atoms with van der Waals surface area (Å²) in [6, 6.07) is 6.70. The number of alkyl halides is 3. The number of hydrogen-bond acceptors (Lipinski definition) is 4. The zero-order valence-electron chi connectivity index (χ0n) is 14.0. The van der Waals surface area contributed by atoms with Gasteiger partial charge >= 0.3 is 6.18 Å². The Morgan fingerprint density at radius 2 is 1.71 bits per heavy atom. The lowest BCUT2D eigenvalue weighted by Gasteiger charge is -2.12. The summed E-state index contributed by atoms with van der Waals surface area (Å²) < 4.78 is 73.4. The van der Waals surface area contributed by atoms with Crippen LogP contribution in [0.1, 0.15) is 11.5 Å². The average molecular weight is 394 g/mol. The van der Waals surface area contributed by atoms with Crippen LogP contribution in [0.3, 0.4) is 0 Å². The van der Waals surface area contributed by atoms with Crippen LogP contribution < -0.4 is 5.73 Å². The van der Waals surface area contributed by atoms with E-state index in [-0.39, 0.29) is 40.5 Å². The standard InChI is InChI=1S/C18H11F5N4O/c19-10-5-9(6-11(20)7-10)17-26-25-15(28-17)8-27-4-3-12-14(27)2-1-13(24)16(12)18(21,22)23/h1-7H,8,24H2. The highest BCUT2D eigenvalue weighted by molar-refractivity contribution is 5.88. The van der Waals surface area contributed by atoms with Gasteiger partial charge < -0.3 is 14.7 Å². The third-order valence-corrected chi connectivity index (χ3v) is 4.15. The van der Waals surface area contributed by atoms with Crippen molar-refractivity contribution in [2.45, 2.75) is 12.7 Å². The fourth-order valence-electron chi connectivity index (χ4n) is 3.00. The minimum atomic E-state index is -4.60. The number of nitrogens with zero attached hydrogens (tertiary/aromatic N) is 3. The van der Waals surface area contributed by atoms with Crippen LogP contribution in [-0.4, -0.2) is 14.8 Å². The zero-order valence-corrected chi connectivity index (χ0v) is 14.0. The average Bonchev–Trinajstić information content (AvgIpc) is 3.20. The number of nitrogen functional groups attached to an aromatic ring is 1. The first kappa shape index (κ1) is 18.0. The minimum Gasteiger partial charge on any atom is -0.419 e. The molecular formula is C18H11F5N4O. The summed E-state index contributed by atoms with van der Waals surface area (Å²) >= 11 is 0. The molecule has 5 nitrogen and oxygen atoms in total. The maximum absolute atomic E-state index is 13.3. The molecule has 10 heteroatoms. The molecule has 0 spiro atoms. The first-order chi connectivity index (χ1) is 13.2. The van der Waals surface area contributed by atoms with Gasteiger partial charge in [-0.05, 0) is 30.3 Å². The van der Waals surface area contributed by atoms with Gasteiger partial charge in [-0.3, -0.25) is 0 Å². The number of benzene rings is 2. The van der Waals surface area contributed by atoms with Crippen LogP contribution in [-0.2, 0) is 12.7 Å². The Balaban J connectivity index is 1.69. The second-order valence-corrected chi connectivity index (χ2v) is 6.06. The Kier molecular flexibility index (Phi) is 4.06. The van der Waals surface area contributed by atoms with E-state index in [0.29, 0.717) is 6.07 Å². The first-order valence-corrected chi connectivity index (χ1v) is 7.96. The summed E-state index contributed by atoms with van der Waals surface area (Å²) in [5.74, 6) is -1.65. The van der Waals surface area contributed by atoms with Crippen molar-refractivity contribution < 1.29 is 26.4 Å². The highest BCUT2D eigenvalue weighted by atomic mass is 19.4. The lowest BCUT2D eigenvalue weighted by atomic mass is 10.1. The van der Waals surface area contributed by atoms with Gasteiger partial charge in [-0.25, -0.2) is 8.78 Å². The van der Waals surface area contributed by atoms with E-state index in [1.165, 1.54) is 29.0 Å². The molecule has 0 unspecified atom stereocenters. The topological polar surface area (TPSA) is 69.9 Å². The van der Waals surface area contributed by atoms with E-state index in [0.717, 1.165) is 12.1 Å². The highest BCUT2D eigenvalue weighted by Crippen LogP contribution is 2.39. The molecule has 2 aromatic heterocycles. The smallest absolute Gasteiger partial charge is 0.419 e. The Morgan fingerprint density at radius 1 is 1.00 bits per heavy atom. The van der Waals surface area contributed by atoms with Crippen LogP contribution in [0.25, 0.3) is 22.4 Å². The fourth-order valence-corrected chi connectivity index (χ4v) is 3.00. The van der Waals surface area contributed by atoms with Crippen molar-refractivity contribution in [1.82, 2.24) is 14.8 Å². The summed E-state index contributed by atoms with van der Waals surface area (Å²) in [7, 11) is 0. The third-order valence-electron chi connectivity index (χ3n) is 4.15. The number of aromatic nitrogens is 3. The van der Waals surface area contributed by atoms with Gasteiger partial charge in [0.25, 0.3) is 0 Å². The van der Waals surface area contributed by atoms with Gasteiger partial charge in [-0.15, -0.1) is 10.2 Å². The maximum atomic E-state index is 13.3. The van der Waals surface area contributed by atoms with Crippen molar-refractivity contribution in [3.05, 3.63) is 65.7 Å². The summed E-state index contributed by atoms with van der Waals surface area (Å²) in [6.45, 7) is -0.0322. The number of hydrogen-bond donors (Lipinski definition) is 1. The highest BCUT2D eigenvalue weighted by Gasteiger charge is 2.35. The van der Waals surface area contributed by atoms with Crippen molar-refractivity contribution in [3.63, 3.8) is 0 Å². The molecule has 4 rings (SSSR count). The molecular weight excluding hydrogens is 383 g/mol. The minimum absolute atomic E-state index is 0.0322. The summed E-state index contributed by atoms with van der Waals surface area (Å²) in [6.07, 6.45) is -3.17. The molecule has 2 N–H and O–H groups in total. The van der Waals surface area contributed by atoms with E-state index in [9.17, 15) is 22.0 Å². The largest absolute Gasteiger partial charge is 0.419 e. The van der Waals surface area contributed by atoms with E-state index in [1.54, 1.807) is 0 Å². The normalized spacial score (nSPS) is 12.0. The molecule has 0 aliphatic rings. The van der Waals surface area contributed by atoms with E-state index in [4.69, 9.17) is 10.2 Å². The second-order valence-electron chi connectivity index (χ2n) is 6.06. The summed E-state index contributed by atoms with van der Waals surface area (Å²) in [4.78, 5) is 0. The van der Waals surface area contributed by atoms with Crippen LogP contribution in [0.2, 0.25) is 0 Å². The zero-order chi connectivity index (χ0) is 20.1. The number of rotatable bonds is 3. The van der Waals surface area contributed by atoms with Crippen LogP contribution in [0.15, 0.2) is 47.0 Å². The molecule has 0 amide bonds. The van der Waals surface area contributed by atoms with Crippen molar-refractivity contribution >= 4 is 16.6 Å². The first-order valence-electron chi connectivity index (χ1n) is 7.96. The molecule has 0 aliphatic carbocycles. The molecule has 0 saturated heterocycles. The summed E-state index contributed by atoms with van der Waals surface area (Å²) in [5, 5.41) is 7.47. The molecule has 2 aromatic carbocycles. The van der Waals surface area contributed by atoms with Crippen molar-refractivity contribution in [2.75, 3.05) is 5.73 Å². The van der Waals surface area contributed by atoms with Crippen LogP contribution in [0, 0.1) is 11.6 Å². The number of nitrogens with two attached hydrogens (primary N) is 1. The number of anilines is 1. The van der Waals surface area contributed by atoms with Crippen LogP contribution >= 0.6 is 0 Å². The monoisotopic (exact) mass is 394 g/mol. The van der Waals surface area contributed by atoms with E-state index < -0.39 is 23.4 Å². The SMILES string of the molecule is Nc1ccc2c(ccn2Cc2nnc(-c3cc(F)cc(F)c3)o2)c1C(F)(F)F. The molecule has 2 heterocycles. The van der Waals surface area contributed by atoms with E-state index >= 15 is 0 Å². The van der Waals surface area contributed by atoms with Gasteiger partial charge in [0.1, 0.15) is 18.2 Å². The fraction of sp³-hybridized carbons (Fsp3) is 0.111. The Morgan fingerprint density at radius 3 is 2.39 bits per heavy atom. The van der Waals surface area contributed by atoms with E-state index in [1.807, 2.05) is 0 Å². The molecule has 28 heavy (non-hydrogen) atoms. The van der Waals surface area contributed by atoms with E-state index in [2.05, 4.69) is 10.2 Å². The summed E-state index contributed by atoms with van der Waals surface area (Å²) in [5.41, 5.74) is 4.55. The Hall–Kier alpha value is -3.43. The molecule has 0 radical (unpaired) electrons. The molecule has 144 valence electrons. The van der Waals surface area contributed by atoms with Crippen LogP contribution in [0.4, 0.5) is 27.6 Å². The molecule has 0 saturated carbocycles. The molecule has 4 aromatic rings.